The molecule has 63 heavy (non-hydrogen) atoms. The van der Waals surface area contributed by atoms with Gasteiger partial charge in [-0.3, -0.25) is 0 Å². The van der Waals surface area contributed by atoms with Crippen molar-refractivity contribution in [2.45, 2.75) is 38.5 Å². The zero-order chi connectivity index (χ0) is 42.5. The van der Waals surface area contributed by atoms with Crippen molar-refractivity contribution in [2.24, 2.45) is 0 Å². The maximum atomic E-state index is 2.52. The highest BCUT2D eigenvalue weighted by Gasteiger charge is 2.39. The van der Waals surface area contributed by atoms with Gasteiger partial charge in [0.1, 0.15) is 0 Å². The Morgan fingerprint density at radius 3 is 1.65 bits per heavy atom. The Balaban J connectivity index is 1.05. The monoisotopic (exact) mass is 805 g/mol. The number of fused-ring (bicyclic) bond motifs is 9. The Bertz CT molecular complexity index is 3440. The highest BCUT2D eigenvalue weighted by Crippen LogP contribution is 2.56. The molecule has 1 heteroatoms. The molecular weight excluding hydrogens is 759 g/mol. The standard InChI is InChI=1S/C62H47N/c1-61(2)52-27-12-10-24-50(52)60-53(61)28-16-30-57(60)63(45-35-31-42(32-36-45)48-26-15-21-43-20-14-25-47(58(43)48)40-17-6-5-7-18-40)56-29-13-11-22-46(56)44-33-37-51-55(39-44)62(3,4)54-38-34-41-19-8-9-23-49(41)59(51)54/h5-39H,1-4H3. The molecule has 0 saturated heterocycles. The predicted molar refractivity (Wildman–Crippen MR) is 268 cm³/mol. The fourth-order valence-electron chi connectivity index (χ4n) is 11.1. The van der Waals surface area contributed by atoms with E-state index in [2.05, 4.69) is 245 Å². The second-order valence-electron chi connectivity index (χ2n) is 18.4. The molecule has 0 radical (unpaired) electrons. The van der Waals surface area contributed by atoms with Gasteiger partial charge in [-0.15, -0.1) is 0 Å². The van der Waals surface area contributed by atoms with Crippen LogP contribution in [0.25, 0.3) is 77.2 Å². The SMILES string of the molecule is CC1(C)c2ccccc2-c2c(N(c3ccc(-c4cccc5cccc(-c6ccccc6)c45)cc3)c3ccccc3-c3ccc4c(c3)C(C)(C)c3ccc5ccccc5c3-4)cccc21. The summed E-state index contributed by atoms with van der Waals surface area (Å²) in [6.07, 6.45) is 0. The van der Waals surface area contributed by atoms with Gasteiger partial charge in [0.15, 0.2) is 0 Å². The van der Waals surface area contributed by atoms with Crippen LogP contribution in [0.5, 0.6) is 0 Å². The van der Waals surface area contributed by atoms with E-state index in [-0.39, 0.29) is 10.8 Å². The Kier molecular flexibility index (Phi) is 8.30. The number of para-hydroxylation sites is 1. The minimum atomic E-state index is -0.146. The summed E-state index contributed by atoms with van der Waals surface area (Å²) in [6.45, 7) is 9.52. The van der Waals surface area contributed by atoms with Crippen molar-refractivity contribution in [3.63, 3.8) is 0 Å². The molecule has 10 aromatic rings. The van der Waals surface area contributed by atoms with E-state index in [1.54, 1.807) is 0 Å². The zero-order valence-electron chi connectivity index (χ0n) is 36.2. The highest BCUT2D eigenvalue weighted by molar-refractivity contribution is 6.07. The van der Waals surface area contributed by atoms with Crippen molar-refractivity contribution in [3.05, 3.63) is 235 Å². The number of hydrogen-bond donors (Lipinski definition) is 0. The quantitative estimate of drug-likeness (QED) is 0.162. The van der Waals surface area contributed by atoms with E-state index >= 15 is 0 Å². The van der Waals surface area contributed by atoms with E-state index in [0.29, 0.717) is 0 Å². The third kappa shape index (κ3) is 5.62. The second kappa shape index (κ2) is 14.0. The lowest BCUT2D eigenvalue weighted by atomic mass is 9.81. The fraction of sp³-hybridized carbons (Fsp3) is 0.0968. The Labute approximate surface area is 370 Å². The van der Waals surface area contributed by atoms with E-state index in [1.807, 2.05) is 0 Å². The molecule has 0 spiro atoms. The summed E-state index contributed by atoms with van der Waals surface area (Å²) in [4.78, 5) is 2.52. The van der Waals surface area contributed by atoms with Crippen LogP contribution in [-0.2, 0) is 10.8 Å². The van der Waals surface area contributed by atoms with Gasteiger partial charge in [-0.25, -0.2) is 0 Å². The topological polar surface area (TPSA) is 3.24 Å². The van der Waals surface area contributed by atoms with Crippen molar-refractivity contribution in [1.29, 1.82) is 0 Å². The molecule has 0 aliphatic heterocycles. The first-order valence-corrected chi connectivity index (χ1v) is 22.3. The first-order valence-electron chi connectivity index (χ1n) is 22.3. The zero-order valence-corrected chi connectivity index (χ0v) is 36.2. The van der Waals surface area contributed by atoms with Gasteiger partial charge in [0.2, 0.25) is 0 Å². The van der Waals surface area contributed by atoms with Crippen molar-refractivity contribution in [3.8, 4) is 55.6 Å². The summed E-state index contributed by atoms with van der Waals surface area (Å²) < 4.78 is 0. The highest BCUT2D eigenvalue weighted by atomic mass is 15.1. The van der Waals surface area contributed by atoms with Crippen LogP contribution in [0.15, 0.2) is 212 Å². The minimum absolute atomic E-state index is 0.132. The molecule has 0 aromatic heterocycles. The molecule has 0 bridgehead atoms. The number of nitrogens with zero attached hydrogens (tertiary/aromatic N) is 1. The van der Waals surface area contributed by atoms with Crippen LogP contribution in [0.3, 0.4) is 0 Å². The first kappa shape index (κ1) is 37.3. The molecule has 0 saturated carbocycles. The Hall–Kier alpha value is -7.48. The summed E-state index contributed by atoms with van der Waals surface area (Å²) in [6, 6.07) is 79.0. The lowest BCUT2D eigenvalue weighted by Crippen LogP contribution is -2.16. The lowest BCUT2D eigenvalue weighted by Gasteiger charge is -2.31. The van der Waals surface area contributed by atoms with Gasteiger partial charge in [0.05, 0.1) is 11.4 Å². The van der Waals surface area contributed by atoms with Gasteiger partial charge >= 0.3 is 0 Å². The van der Waals surface area contributed by atoms with E-state index in [4.69, 9.17) is 0 Å². The molecule has 1 nitrogen and oxygen atoms in total. The number of rotatable bonds is 6. The van der Waals surface area contributed by atoms with Gasteiger partial charge < -0.3 is 4.90 Å². The van der Waals surface area contributed by atoms with E-state index in [0.717, 1.165) is 11.4 Å². The van der Waals surface area contributed by atoms with Crippen LogP contribution < -0.4 is 4.90 Å². The summed E-state index contributed by atoms with van der Waals surface area (Å²) >= 11 is 0. The maximum Gasteiger partial charge on any atom is 0.0543 e. The van der Waals surface area contributed by atoms with Gasteiger partial charge in [-0.1, -0.05) is 210 Å². The van der Waals surface area contributed by atoms with Crippen LogP contribution >= 0.6 is 0 Å². The van der Waals surface area contributed by atoms with Crippen molar-refractivity contribution in [1.82, 2.24) is 0 Å². The second-order valence-corrected chi connectivity index (χ2v) is 18.4. The van der Waals surface area contributed by atoms with Crippen molar-refractivity contribution >= 4 is 38.6 Å². The van der Waals surface area contributed by atoms with E-state index in [9.17, 15) is 0 Å². The molecule has 0 atom stereocenters. The van der Waals surface area contributed by atoms with Crippen LogP contribution in [0, 0.1) is 0 Å². The normalized spacial score (nSPS) is 14.0. The summed E-state index contributed by atoms with van der Waals surface area (Å²) in [7, 11) is 0. The molecule has 10 aromatic carbocycles. The molecule has 12 rings (SSSR count). The summed E-state index contributed by atoms with van der Waals surface area (Å²) in [5, 5.41) is 5.12. The molecule has 2 aliphatic carbocycles. The maximum absolute atomic E-state index is 2.52. The molecule has 0 fully saturated rings. The van der Waals surface area contributed by atoms with Crippen LogP contribution in [-0.4, -0.2) is 0 Å². The van der Waals surface area contributed by atoms with Crippen molar-refractivity contribution in [2.75, 3.05) is 4.90 Å². The molecule has 0 N–H and O–H groups in total. The first-order chi connectivity index (χ1) is 30.8. The molecule has 2 aliphatic rings. The third-order valence-electron chi connectivity index (χ3n) is 14.3. The molecule has 0 unspecified atom stereocenters. The lowest BCUT2D eigenvalue weighted by molar-refractivity contribution is 0.660. The van der Waals surface area contributed by atoms with Crippen LogP contribution in [0.2, 0.25) is 0 Å². The third-order valence-corrected chi connectivity index (χ3v) is 14.3. The number of anilines is 3. The van der Waals surface area contributed by atoms with Gasteiger partial charge in [-0.2, -0.15) is 0 Å². The van der Waals surface area contributed by atoms with E-state index in [1.165, 1.54) is 105 Å². The average Bonchev–Trinajstić information content (AvgIpc) is 3.71. The predicted octanol–water partition coefficient (Wildman–Crippen LogP) is 17.1. The van der Waals surface area contributed by atoms with Gasteiger partial charge in [-0.05, 0) is 119 Å². The molecule has 300 valence electrons. The largest absolute Gasteiger partial charge is 0.309 e. The molecule has 0 amide bonds. The van der Waals surface area contributed by atoms with Gasteiger partial charge in [0, 0.05) is 27.6 Å². The number of benzene rings is 10. The van der Waals surface area contributed by atoms with Crippen LogP contribution in [0.4, 0.5) is 17.1 Å². The number of hydrogen-bond acceptors (Lipinski definition) is 1. The average molecular weight is 806 g/mol. The smallest absolute Gasteiger partial charge is 0.0543 e. The Morgan fingerprint density at radius 2 is 0.857 bits per heavy atom. The van der Waals surface area contributed by atoms with E-state index < -0.39 is 0 Å². The van der Waals surface area contributed by atoms with Crippen molar-refractivity contribution < 1.29 is 0 Å². The summed E-state index contributed by atoms with van der Waals surface area (Å²) in [5.41, 5.74) is 21.3. The van der Waals surface area contributed by atoms with Crippen LogP contribution in [0.1, 0.15) is 49.9 Å². The minimum Gasteiger partial charge on any atom is -0.309 e. The molecular formula is C62H47N. The fourth-order valence-corrected chi connectivity index (χ4v) is 11.1. The van der Waals surface area contributed by atoms with Gasteiger partial charge in [0.25, 0.3) is 0 Å². The summed E-state index contributed by atoms with van der Waals surface area (Å²) in [5.74, 6) is 0. The Morgan fingerprint density at radius 1 is 0.317 bits per heavy atom. The molecule has 0 heterocycles.